The lowest BCUT2D eigenvalue weighted by atomic mass is 10.0. The standard InChI is InChI=1S/C16H22F3N3O2/c1-22-9-13(14(10-22)24-2)21-15(23)20-8-7-11-5-3-4-6-12(11)16(17,18)19/h3-6,13-14H,7-10H2,1-2H3,(H2,20,21,23)/t13-,14-/m1/s1. The van der Waals surface area contributed by atoms with Gasteiger partial charge in [-0.3, -0.25) is 0 Å². The van der Waals surface area contributed by atoms with Crippen LogP contribution in [0, 0.1) is 0 Å². The molecule has 8 heteroatoms. The summed E-state index contributed by atoms with van der Waals surface area (Å²) in [5.41, 5.74) is -0.496. The number of likely N-dealkylation sites (N-methyl/N-ethyl adjacent to an activating group) is 1. The van der Waals surface area contributed by atoms with Gasteiger partial charge in [-0.2, -0.15) is 13.2 Å². The van der Waals surface area contributed by atoms with E-state index in [4.69, 9.17) is 4.74 Å². The molecule has 1 aromatic carbocycles. The van der Waals surface area contributed by atoms with E-state index in [1.54, 1.807) is 13.2 Å². The second kappa shape index (κ2) is 7.85. The molecule has 24 heavy (non-hydrogen) atoms. The molecule has 2 rings (SSSR count). The minimum absolute atomic E-state index is 0.0910. The molecule has 0 aliphatic carbocycles. The summed E-state index contributed by atoms with van der Waals surface area (Å²) in [6.45, 7) is 1.52. The van der Waals surface area contributed by atoms with Crippen molar-refractivity contribution in [1.82, 2.24) is 15.5 Å². The van der Waals surface area contributed by atoms with Crippen molar-refractivity contribution < 1.29 is 22.7 Å². The monoisotopic (exact) mass is 345 g/mol. The predicted octanol–water partition coefficient (Wildman–Crippen LogP) is 1.88. The van der Waals surface area contributed by atoms with E-state index >= 15 is 0 Å². The lowest BCUT2D eigenvalue weighted by Gasteiger charge is -2.19. The molecule has 2 amide bonds. The van der Waals surface area contributed by atoms with Crippen molar-refractivity contribution in [2.24, 2.45) is 0 Å². The summed E-state index contributed by atoms with van der Waals surface area (Å²) in [4.78, 5) is 14.0. The summed E-state index contributed by atoms with van der Waals surface area (Å²) in [5.74, 6) is 0. The van der Waals surface area contributed by atoms with Gasteiger partial charge in [0.15, 0.2) is 0 Å². The zero-order valence-corrected chi connectivity index (χ0v) is 13.7. The highest BCUT2D eigenvalue weighted by atomic mass is 19.4. The Kier molecular flexibility index (Phi) is 6.06. The van der Waals surface area contributed by atoms with Crippen molar-refractivity contribution in [3.05, 3.63) is 35.4 Å². The quantitative estimate of drug-likeness (QED) is 0.857. The van der Waals surface area contributed by atoms with Crippen LogP contribution in [-0.2, 0) is 17.3 Å². The first-order valence-corrected chi connectivity index (χ1v) is 7.72. The van der Waals surface area contributed by atoms with Crippen molar-refractivity contribution in [2.75, 3.05) is 33.8 Å². The Hall–Kier alpha value is -1.80. The van der Waals surface area contributed by atoms with E-state index in [2.05, 4.69) is 10.6 Å². The Labute approximate surface area is 139 Å². The van der Waals surface area contributed by atoms with Crippen LogP contribution in [0.15, 0.2) is 24.3 Å². The van der Waals surface area contributed by atoms with Crippen molar-refractivity contribution in [2.45, 2.75) is 24.7 Å². The SMILES string of the molecule is CO[C@@H]1CN(C)C[C@H]1NC(=O)NCCc1ccccc1C(F)(F)F. The molecule has 0 radical (unpaired) electrons. The van der Waals surface area contributed by atoms with Crippen LogP contribution in [0.4, 0.5) is 18.0 Å². The van der Waals surface area contributed by atoms with Gasteiger partial charge in [-0.15, -0.1) is 0 Å². The van der Waals surface area contributed by atoms with Gasteiger partial charge in [-0.25, -0.2) is 4.79 Å². The molecule has 1 heterocycles. The molecule has 134 valence electrons. The number of hydrogen-bond acceptors (Lipinski definition) is 3. The van der Waals surface area contributed by atoms with Crippen molar-refractivity contribution in [3.63, 3.8) is 0 Å². The van der Waals surface area contributed by atoms with Crippen LogP contribution in [0.1, 0.15) is 11.1 Å². The molecule has 1 aliphatic heterocycles. The first kappa shape index (κ1) is 18.5. The number of benzene rings is 1. The third-order valence-corrected chi connectivity index (χ3v) is 4.07. The summed E-state index contributed by atoms with van der Waals surface area (Å²) in [6, 6.07) is 4.85. The summed E-state index contributed by atoms with van der Waals surface area (Å²) in [5, 5.41) is 5.41. The van der Waals surface area contributed by atoms with Gasteiger partial charge in [0, 0.05) is 26.7 Å². The van der Waals surface area contributed by atoms with Crippen LogP contribution in [0.25, 0.3) is 0 Å². The van der Waals surface area contributed by atoms with Crippen molar-refractivity contribution >= 4 is 6.03 Å². The Balaban J connectivity index is 1.83. The zero-order chi connectivity index (χ0) is 17.7. The van der Waals surface area contributed by atoms with Gasteiger partial charge >= 0.3 is 12.2 Å². The third-order valence-electron chi connectivity index (χ3n) is 4.07. The molecule has 5 nitrogen and oxygen atoms in total. The minimum atomic E-state index is -4.39. The highest BCUT2D eigenvalue weighted by Crippen LogP contribution is 2.31. The van der Waals surface area contributed by atoms with E-state index in [9.17, 15) is 18.0 Å². The van der Waals surface area contributed by atoms with Crippen LogP contribution in [0.5, 0.6) is 0 Å². The van der Waals surface area contributed by atoms with Crippen molar-refractivity contribution in [3.8, 4) is 0 Å². The fourth-order valence-electron chi connectivity index (χ4n) is 2.88. The number of carbonyl (C=O) groups is 1. The Morgan fingerprint density at radius 3 is 2.71 bits per heavy atom. The van der Waals surface area contributed by atoms with Gasteiger partial charge in [-0.05, 0) is 25.1 Å². The van der Waals surface area contributed by atoms with Crippen LogP contribution < -0.4 is 10.6 Å². The topological polar surface area (TPSA) is 53.6 Å². The summed E-state index contributed by atoms with van der Waals surface area (Å²) >= 11 is 0. The number of hydrogen-bond donors (Lipinski definition) is 2. The first-order valence-electron chi connectivity index (χ1n) is 7.72. The lowest BCUT2D eigenvalue weighted by Crippen LogP contribution is -2.48. The fourth-order valence-corrected chi connectivity index (χ4v) is 2.88. The predicted molar refractivity (Wildman–Crippen MR) is 83.8 cm³/mol. The molecule has 0 spiro atoms. The molecule has 1 aliphatic rings. The average Bonchev–Trinajstić information content (AvgIpc) is 2.86. The normalized spacial score (nSPS) is 21.7. The molecular weight excluding hydrogens is 323 g/mol. The summed E-state index contributed by atoms with van der Waals surface area (Å²) < 4.78 is 44.0. The highest BCUT2D eigenvalue weighted by molar-refractivity contribution is 5.74. The second-order valence-corrected chi connectivity index (χ2v) is 5.91. The number of nitrogens with zero attached hydrogens (tertiary/aromatic N) is 1. The maximum Gasteiger partial charge on any atom is 0.416 e. The number of likely N-dealkylation sites (tertiary alicyclic amines) is 1. The number of rotatable bonds is 5. The first-order chi connectivity index (χ1) is 11.3. The summed E-state index contributed by atoms with van der Waals surface area (Å²) in [6.07, 6.45) is -4.37. The number of halogens is 3. The van der Waals surface area contributed by atoms with Gasteiger partial charge in [0.1, 0.15) is 0 Å². The average molecular weight is 345 g/mol. The number of carbonyl (C=O) groups excluding carboxylic acids is 1. The maximum absolute atomic E-state index is 12.9. The number of nitrogens with one attached hydrogen (secondary N) is 2. The van der Waals surface area contributed by atoms with E-state index < -0.39 is 17.8 Å². The molecule has 2 N–H and O–H groups in total. The third kappa shape index (κ3) is 4.85. The largest absolute Gasteiger partial charge is 0.416 e. The van der Waals surface area contributed by atoms with E-state index in [0.717, 1.165) is 12.6 Å². The molecule has 2 atom stereocenters. The minimum Gasteiger partial charge on any atom is -0.378 e. The summed E-state index contributed by atoms with van der Waals surface area (Å²) in [7, 11) is 3.52. The number of urea groups is 1. The second-order valence-electron chi connectivity index (χ2n) is 5.91. The van der Waals surface area contributed by atoms with Gasteiger partial charge in [0.25, 0.3) is 0 Å². The van der Waals surface area contributed by atoms with E-state index in [0.29, 0.717) is 6.54 Å². The number of ether oxygens (including phenoxy) is 1. The molecule has 0 bridgehead atoms. The Morgan fingerprint density at radius 2 is 2.04 bits per heavy atom. The van der Waals surface area contributed by atoms with E-state index in [1.165, 1.54) is 12.1 Å². The van der Waals surface area contributed by atoms with Crippen LogP contribution in [-0.4, -0.2) is 56.9 Å². The number of amides is 2. The van der Waals surface area contributed by atoms with Gasteiger partial charge in [0.2, 0.25) is 0 Å². The van der Waals surface area contributed by atoms with Crippen molar-refractivity contribution in [1.29, 1.82) is 0 Å². The molecule has 1 saturated heterocycles. The molecule has 0 aromatic heterocycles. The molecule has 0 unspecified atom stereocenters. The van der Waals surface area contributed by atoms with Crippen LogP contribution >= 0.6 is 0 Å². The molecule has 1 fully saturated rings. The fraction of sp³-hybridized carbons (Fsp3) is 0.562. The van der Waals surface area contributed by atoms with E-state index in [1.807, 2.05) is 11.9 Å². The van der Waals surface area contributed by atoms with Gasteiger partial charge in [-0.1, -0.05) is 18.2 Å². The molecular formula is C16H22F3N3O2. The Morgan fingerprint density at radius 1 is 1.33 bits per heavy atom. The highest BCUT2D eigenvalue weighted by Gasteiger charge is 2.33. The molecule has 1 aromatic rings. The lowest BCUT2D eigenvalue weighted by molar-refractivity contribution is -0.138. The smallest absolute Gasteiger partial charge is 0.378 e. The number of alkyl halides is 3. The van der Waals surface area contributed by atoms with Crippen LogP contribution in [0.3, 0.4) is 0 Å². The maximum atomic E-state index is 12.9. The van der Waals surface area contributed by atoms with E-state index in [-0.39, 0.29) is 30.7 Å². The molecule has 0 saturated carbocycles. The Bertz CT molecular complexity index is 566. The van der Waals surface area contributed by atoms with Gasteiger partial charge in [0.05, 0.1) is 17.7 Å². The number of methoxy groups -OCH3 is 1. The van der Waals surface area contributed by atoms with Gasteiger partial charge < -0.3 is 20.3 Å². The van der Waals surface area contributed by atoms with Crippen LogP contribution in [0.2, 0.25) is 0 Å². The zero-order valence-electron chi connectivity index (χ0n) is 13.7.